The van der Waals surface area contributed by atoms with Crippen LogP contribution in [-0.2, 0) is 0 Å². The number of rotatable bonds is 1. The van der Waals surface area contributed by atoms with E-state index >= 15 is 0 Å². The molecular formula is C36H46N4O2. The van der Waals surface area contributed by atoms with Gasteiger partial charge in [0.15, 0.2) is 0 Å². The van der Waals surface area contributed by atoms with E-state index in [1.54, 1.807) is 0 Å². The fourth-order valence-electron chi connectivity index (χ4n) is 9.92. The van der Waals surface area contributed by atoms with Crippen molar-refractivity contribution in [3.8, 4) is 0 Å². The highest BCUT2D eigenvalue weighted by Gasteiger charge is 2.66. The summed E-state index contributed by atoms with van der Waals surface area (Å²) in [5, 5.41) is 28.4. The van der Waals surface area contributed by atoms with E-state index in [2.05, 4.69) is 64.4 Å². The maximum absolute atomic E-state index is 13.1. The van der Waals surface area contributed by atoms with Gasteiger partial charge in [-0.15, -0.1) is 0 Å². The summed E-state index contributed by atoms with van der Waals surface area (Å²) < 4.78 is 0. The number of nitrogens with zero attached hydrogens (tertiary/aromatic N) is 4. The fourth-order valence-corrected chi connectivity index (χ4v) is 9.92. The average molecular weight is 567 g/mol. The van der Waals surface area contributed by atoms with Crippen molar-refractivity contribution >= 4 is 5.57 Å². The molecule has 6 heteroatoms. The minimum absolute atomic E-state index is 0.0750. The van der Waals surface area contributed by atoms with E-state index in [4.69, 9.17) is 4.99 Å². The van der Waals surface area contributed by atoms with E-state index in [0.717, 1.165) is 87.0 Å². The summed E-state index contributed by atoms with van der Waals surface area (Å²) in [7, 11) is 0. The number of benzene rings is 1. The SMILES string of the molecule is ON1CCC2=c3ccccc3=NC2=C1C1=C[C@@]2(O)CC/C=C\CCCCN3CC[C@@H]1[C@]1(CC4C=CCCCCN4[C@H]12)C3. The zero-order chi connectivity index (χ0) is 28.3. The number of aliphatic hydroxyl groups is 1. The maximum atomic E-state index is 13.1. The summed E-state index contributed by atoms with van der Waals surface area (Å²) in [6, 6.07) is 8.85. The normalized spacial score (nSPS) is 39.0. The van der Waals surface area contributed by atoms with Crippen molar-refractivity contribution in [1.29, 1.82) is 0 Å². The molecule has 6 aliphatic heterocycles. The van der Waals surface area contributed by atoms with Crippen molar-refractivity contribution in [2.45, 2.75) is 88.3 Å². The predicted molar refractivity (Wildman–Crippen MR) is 165 cm³/mol. The molecule has 0 amide bonds. The van der Waals surface area contributed by atoms with Crippen molar-refractivity contribution in [1.82, 2.24) is 14.9 Å². The molecule has 7 aliphatic rings. The number of fused-ring (bicyclic) bond motifs is 4. The number of allylic oxidation sites excluding steroid dienone is 5. The molecular weight excluding hydrogens is 520 g/mol. The summed E-state index contributed by atoms with van der Waals surface area (Å²) >= 11 is 0. The van der Waals surface area contributed by atoms with Crippen molar-refractivity contribution in [3.63, 3.8) is 0 Å². The molecule has 2 saturated heterocycles. The number of hydroxylamine groups is 2. The van der Waals surface area contributed by atoms with Gasteiger partial charge in [-0.05, 0) is 119 Å². The molecule has 6 heterocycles. The van der Waals surface area contributed by atoms with Crippen molar-refractivity contribution in [2.24, 2.45) is 16.3 Å². The van der Waals surface area contributed by atoms with E-state index in [1.807, 2.05) is 0 Å². The molecule has 1 aromatic carbocycles. The van der Waals surface area contributed by atoms with Crippen LogP contribution in [0.1, 0.15) is 70.6 Å². The molecule has 6 nitrogen and oxygen atoms in total. The Morgan fingerprint density at radius 3 is 2.67 bits per heavy atom. The summed E-state index contributed by atoms with van der Waals surface area (Å²) in [5.41, 5.74) is 3.13. The average Bonchev–Trinajstić information content (AvgIpc) is 3.49. The Morgan fingerprint density at radius 1 is 0.905 bits per heavy atom. The van der Waals surface area contributed by atoms with Gasteiger partial charge < -0.3 is 10.0 Å². The number of para-hydroxylation sites is 1. The standard InChI is InChI=1S/C36H46N4O2/c41-36-18-10-4-1-2-5-11-19-38-21-17-30(35(25-38)23-26-13-7-3-6-12-20-39(26)34(35)36)29(24-36)33-32-28(16-22-40(33)42)27-14-8-9-15-31(27)37-32/h1,4,7-9,13-15,24,26,30,34,41-42H,2-3,5-6,10-12,16-23,25H2/b4-1-,13-7?/t26?,30-,34+,35-,36-/m0/s1. The molecule has 1 aliphatic carbocycles. The van der Waals surface area contributed by atoms with Gasteiger partial charge in [0.05, 0.1) is 28.4 Å². The van der Waals surface area contributed by atoms with Gasteiger partial charge in [0.2, 0.25) is 0 Å². The first kappa shape index (κ1) is 27.1. The van der Waals surface area contributed by atoms with Gasteiger partial charge in [0, 0.05) is 29.8 Å². The number of piperidine rings is 1. The first-order valence-electron chi connectivity index (χ1n) is 16.7. The van der Waals surface area contributed by atoms with E-state index in [0.29, 0.717) is 19.0 Å². The third-order valence-electron chi connectivity index (χ3n) is 11.5. The second kappa shape index (κ2) is 10.6. The van der Waals surface area contributed by atoms with E-state index in [1.165, 1.54) is 41.5 Å². The van der Waals surface area contributed by atoms with Crippen LogP contribution in [0.5, 0.6) is 0 Å². The van der Waals surface area contributed by atoms with Crippen LogP contribution in [-0.4, -0.2) is 75.6 Å². The third kappa shape index (κ3) is 4.24. The van der Waals surface area contributed by atoms with Gasteiger partial charge in [-0.25, -0.2) is 4.99 Å². The van der Waals surface area contributed by atoms with E-state index in [-0.39, 0.29) is 17.4 Å². The second-order valence-electron chi connectivity index (χ2n) is 14.0. The largest absolute Gasteiger partial charge is 0.384 e. The lowest BCUT2D eigenvalue weighted by molar-refractivity contribution is -0.102. The lowest BCUT2D eigenvalue weighted by Crippen LogP contribution is -2.66. The van der Waals surface area contributed by atoms with Crippen LogP contribution in [0.15, 0.2) is 76.6 Å². The third-order valence-corrected chi connectivity index (χ3v) is 11.5. The second-order valence-corrected chi connectivity index (χ2v) is 14.0. The monoisotopic (exact) mass is 566 g/mol. The van der Waals surface area contributed by atoms with E-state index in [9.17, 15) is 10.3 Å². The fraction of sp³-hybridized carbons (Fsp3) is 0.583. The van der Waals surface area contributed by atoms with Crippen LogP contribution in [0, 0.1) is 11.3 Å². The van der Waals surface area contributed by atoms with Gasteiger partial charge in [-0.2, -0.15) is 0 Å². The predicted octanol–water partition coefficient (Wildman–Crippen LogP) is 4.46. The van der Waals surface area contributed by atoms with Crippen LogP contribution < -0.4 is 10.6 Å². The Labute approximate surface area is 250 Å². The number of hydrogen-bond donors (Lipinski definition) is 2. The van der Waals surface area contributed by atoms with Gasteiger partial charge >= 0.3 is 0 Å². The zero-order valence-corrected chi connectivity index (χ0v) is 24.9. The Hall–Kier alpha value is -2.51. The Balaban J connectivity index is 1.34. The van der Waals surface area contributed by atoms with Crippen LogP contribution >= 0.6 is 0 Å². The highest BCUT2D eigenvalue weighted by molar-refractivity contribution is 5.71. The van der Waals surface area contributed by atoms with E-state index < -0.39 is 5.60 Å². The summed E-state index contributed by atoms with van der Waals surface area (Å²) in [6.45, 7) is 4.85. The molecule has 0 radical (unpaired) electrons. The van der Waals surface area contributed by atoms with Gasteiger partial charge in [-0.3, -0.25) is 15.2 Å². The molecule has 6 atom stereocenters. The van der Waals surface area contributed by atoms with Gasteiger partial charge in [0.1, 0.15) is 0 Å². The Kier molecular flexibility index (Phi) is 6.82. The van der Waals surface area contributed by atoms with Gasteiger partial charge in [-0.1, -0.05) is 42.5 Å². The lowest BCUT2D eigenvalue weighted by atomic mass is 9.54. The van der Waals surface area contributed by atoms with Crippen molar-refractivity contribution in [2.75, 3.05) is 32.7 Å². The lowest BCUT2D eigenvalue weighted by Gasteiger charge is -2.58. The molecule has 1 spiro atoms. The minimum Gasteiger partial charge on any atom is -0.384 e. The summed E-state index contributed by atoms with van der Waals surface area (Å²) in [4.78, 5) is 10.6. The zero-order valence-electron chi connectivity index (χ0n) is 24.9. The molecule has 2 N–H and O–H groups in total. The topological polar surface area (TPSA) is 62.5 Å². The van der Waals surface area contributed by atoms with Gasteiger partial charge in [0.25, 0.3) is 0 Å². The summed E-state index contributed by atoms with van der Waals surface area (Å²) in [6.07, 6.45) is 23.4. The molecule has 42 heavy (non-hydrogen) atoms. The smallest absolute Gasteiger partial charge is 0.0998 e. The number of hydrogen-bond acceptors (Lipinski definition) is 6. The molecule has 8 rings (SSSR count). The highest BCUT2D eigenvalue weighted by Crippen LogP contribution is 2.61. The minimum atomic E-state index is -0.980. The molecule has 3 bridgehead atoms. The van der Waals surface area contributed by atoms with Crippen LogP contribution in [0.25, 0.3) is 5.57 Å². The molecule has 0 aromatic heterocycles. The molecule has 2 fully saturated rings. The van der Waals surface area contributed by atoms with Crippen molar-refractivity contribution < 1.29 is 10.3 Å². The Morgan fingerprint density at radius 2 is 1.74 bits per heavy atom. The molecule has 222 valence electrons. The highest BCUT2D eigenvalue weighted by atomic mass is 16.5. The first-order chi connectivity index (χ1) is 20.6. The Bertz CT molecular complexity index is 1490. The first-order valence-corrected chi connectivity index (χ1v) is 16.7. The summed E-state index contributed by atoms with van der Waals surface area (Å²) in [5.74, 6) is 0.275. The molecule has 2 unspecified atom stereocenters. The van der Waals surface area contributed by atoms with Crippen LogP contribution in [0.2, 0.25) is 0 Å². The molecule has 0 saturated carbocycles. The van der Waals surface area contributed by atoms with Crippen molar-refractivity contribution in [3.05, 3.63) is 82.2 Å². The maximum Gasteiger partial charge on any atom is 0.0998 e. The van der Waals surface area contributed by atoms with Crippen LogP contribution in [0.4, 0.5) is 0 Å². The van der Waals surface area contributed by atoms with Crippen LogP contribution in [0.3, 0.4) is 0 Å². The quantitative estimate of drug-likeness (QED) is 0.492. The molecule has 1 aromatic rings.